The predicted octanol–water partition coefficient (Wildman–Crippen LogP) is 2.42. The molecule has 1 aromatic heterocycles. The molecule has 1 aromatic carbocycles. The number of aryl methyl sites for hydroxylation is 1. The van der Waals surface area contributed by atoms with Gasteiger partial charge < -0.3 is 4.90 Å². The zero-order valence-corrected chi connectivity index (χ0v) is 16.7. The lowest BCUT2D eigenvalue weighted by molar-refractivity contribution is -0.130. The number of piperidine rings is 1. The molecule has 0 unspecified atom stereocenters. The lowest BCUT2D eigenvalue weighted by Gasteiger charge is -2.31. The minimum absolute atomic E-state index is 0.126. The van der Waals surface area contributed by atoms with Crippen LogP contribution in [0.1, 0.15) is 31.7 Å². The summed E-state index contributed by atoms with van der Waals surface area (Å²) < 4.78 is 0. The van der Waals surface area contributed by atoms with Gasteiger partial charge in [-0.05, 0) is 44.2 Å². The number of nitrogens with one attached hydrogen (secondary N) is 2. The van der Waals surface area contributed by atoms with Crippen LogP contribution in [0.3, 0.4) is 0 Å². The third-order valence-electron chi connectivity index (χ3n) is 5.04. The van der Waals surface area contributed by atoms with E-state index in [1.165, 1.54) is 5.56 Å². The highest BCUT2D eigenvalue weighted by molar-refractivity contribution is 5.90. The van der Waals surface area contributed by atoms with Crippen molar-refractivity contribution in [3.8, 4) is 0 Å². The lowest BCUT2D eigenvalue weighted by Crippen LogP contribution is -2.47. The van der Waals surface area contributed by atoms with Gasteiger partial charge in [0.2, 0.25) is 11.9 Å². The van der Waals surface area contributed by atoms with Gasteiger partial charge in [-0.25, -0.2) is 9.97 Å². The van der Waals surface area contributed by atoms with Gasteiger partial charge in [0.15, 0.2) is 0 Å². The van der Waals surface area contributed by atoms with Crippen molar-refractivity contribution in [1.82, 2.24) is 20.8 Å². The van der Waals surface area contributed by atoms with Gasteiger partial charge in [0, 0.05) is 37.5 Å². The number of benzene rings is 1. The van der Waals surface area contributed by atoms with Gasteiger partial charge in [0.05, 0.1) is 0 Å². The number of aromatic nitrogens is 2. The fourth-order valence-electron chi connectivity index (χ4n) is 3.34. The zero-order chi connectivity index (χ0) is 20.5. The minimum Gasteiger partial charge on any atom is -0.341 e. The molecule has 3 rings (SSSR count). The monoisotopic (exact) mass is 393 g/mol. The predicted molar refractivity (Wildman–Crippen MR) is 112 cm³/mol. The number of hydrogen-bond acceptors (Lipinski definition) is 5. The van der Waals surface area contributed by atoms with Gasteiger partial charge in [-0.2, -0.15) is 0 Å². The zero-order valence-electron chi connectivity index (χ0n) is 16.7. The SMILES string of the molecule is CC(=CC(=O)NNC(=O)C1CCN(c2ncccn2)CC1)CCc1ccccc1. The summed E-state index contributed by atoms with van der Waals surface area (Å²) in [5, 5.41) is 0. The Morgan fingerprint density at radius 3 is 2.45 bits per heavy atom. The topological polar surface area (TPSA) is 87.2 Å². The van der Waals surface area contributed by atoms with E-state index in [2.05, 4.69) is 37.9 Å². The van der Waals surface area contributed by atoms with Gasteiger partial charge >= 0.3 is 0 Å². The van der Waals surface area contributed by atoms with Gasteiger partial charge in [-0.3, -0.25) is 20.4 Å². The second-order valence-electron chi connectivity index (χ2n) is 7.26. The van der Waals surface area contributed by atoms with E-state index in [1.807, 2.05) is 25.1 Å². The summed E-state index contributed by atoms with van der Waals surface area (Å²) >= 11 is 0. The highest BCUT2D eigenvalue weighted by atomic mass is 16.2. The fraction of sp³-hybridized carbons (Fsp3) is 0.364. The van der Waals surface area contributed by atoms with E-state index in [9.17, 15) is 9.59 Å². The Morgan fingerprint density at radius 2 is 1.76 bits per heavy atom. The molecule has 29 heavy (non-hydrogen) atoms. The Labute approximate surface area is 171 Å². The highest BCUT2D eigenvalue weighted by Crippen LogP contribution is 2.20. The van der Waals surface area contributed by atoms with E-state index in [0.29, 0.717) is 31.9 Å². The van der Waals surface area contributed by atoms with E-state index in [-0.39, 0.29) is 17.7 Å². The number of anilines is 1. The first kappa shape index (κ1) is 20.5. The average molecular weight is 393 g/mol. The molecule has 0 radical (unpaired) electrons. The Morgan fingerprint density at radius 1 is 1.07 bits per heavy atom. The van der Waals surface area contributed by atoms with Gasteiger partial charge in [-0.15, -0.1) is 0 Å². The lowest BCUT2D eigenvalue weighted by atomic mass is 9.96. The molecular weight excluding hydrogens is 366 g/mol. The van der Waals surface area contributed by atoms with E-state index >= 15 is 0 Å². The maximum atomic E-state index is 12.3. The van der Waals surface area contributed by atoms with Gasteiger partial charge in [0.25, 0.3) is 5.91 Å². The largest absolute Gasteiger partial charge is 0.341 e. The molecule has 0 atom stereocenters. The molecule has 1 saturated heterocycles. The number of carbonyl (C=O) groups excluding carboxylic acids is 2. The number of hydrazine groups is 1. The number of amides is 2. The summed E-state index contributed by atoms with van der Waals surface area (Å²) in [6, 6.07) is 11.9. The first-order chi connectivity index (χ1) is 14.1. The maximum absolute atomic E-state index is 12.3. The first-order valence-electron chi connectivity index (χ1n) is 9.94. The van der Waals surface area contributed by atoms with Crippen LogP contribution < -0.4 is 15.8 Å². The van der Waals surface area contributed by atoms with Crippen LogP contribution >= 0.6 is 0 Å². The van der Waals surface area contributed by atoms with Crippen molar-refractivity contribution in [3.63, 3.8) is 0 Å². The molecule has 2 N–H and O–H groups in total. The smallest absolute Gasteiger partial charge is 0.262 e. The Balaban J connectivity index is 1.38. The van der Waals surface area contributed by atoms with Crippen molar-refractivity contribution in [2.75, 3.05) is 18.0 Å². The Bertz CT molecular complexity index is 831. The molecule has 7 nitrogen and oxygen atoms in total. The summed E-state index contributed by atoms with van der Waals surface area (Å²) in [5.74, 6) is 0.107. The summed E-state index contributed by atoms with van der Waals surface area (Å²) in [5.41, 5.74) is 7.26. The number of allylic oxidation sites excluding steroid dienone is 1. The summed E-state index contributed by atoms with van der Waals surface area (Å²) in [6.07, 6.45) is 8.05. The van der Waals surface area contributed by atoms with Crippen molar-refractivity contribution < 1.29 is 9.59 Å². The molecule has 0 aliphatic carbocycles. The first-order valence-corrected chi connectivity index (χ1v) is 9.94. The molecule has 1 aliphatic heterocycles. The minimum atomic E-state index is -0.306. The number of carbonyl (C=O) groups is 2. The molecule has 0 saturated carbocycles. The van der Waals surface area contributed by atoms with Crippen LogP contribution in [0.4, 0.5) is 5.95 Å². The Hall–Kier alpha value is -3.22. The molecule has 1 fully saturated rings. The van der Waals surface area contributed by atoms with Crippen LogP contribution in [0, 0.1) is 5.92 Å². The van der Waals surface area contributed by atoms with Crippen LogP contribution in [0.5, 0.6) is 0 Å². The van der Waals surface area contributed by atoms with Crippen molar-refractivity contribution in [2.24, 2.45) is 5.92 Å². The molecule has 152 valence electrons. The van der Waals surface area contributed by atoms with Crippen LogP contribution in [0.2, 0.25) is 0 Å². The van der Waals surface area contributed by atoms with Crippen molar-refractivity contribution >= 4 is 17.8 Å². The van der Waals surface area contributed by atoms with Gasteiger partial charge in [0.1, 0.15) is 0 Å². The molecular formula is C22H27N5O2. The summed E-state index contributed by atoms with van der Waals surface area (Å²) in [7, 11) is 0. The average Bonchev–Trinajstić information content (AvgIpc) is 2.77. The summed E-state index contributed by atoms with van der Waals surface area (Å²) in [4.78, 5) is 35.0. The molecule has 1 aliphatic rings. The Kier molecular flexibility index (Phi) is 7.33. The van der Waals surface area contributed by atoms with E-state index < -0.39 is 0 Å². The van der Waals surface area contributed by atoms with Crippen molar-refractivity contribution in [1.29, 1.82) is 0 Å². The van der Waals surface area contributed by atoms with Crippen LogP contribution in [-0.4, -0.2) is 34.9 Å². The van der Waals surface area contributed by atoms with Crippen LogP contribution in [0.15, 0.2) is 60.4 Å². The number of rotatable bonds is 6. The number of hydrogen-bond donors (Lipinski definition) is 2. The molecule has 2 aromatic rings. The second-order valence-corrected chi connectivity index (χ2v) is 7.26. The molecule has 2 amide bonds. The third-order valence-corrected chi connectivity index (χ3v) is 5.04. The third kappa shape index (κ3) is 6.41. The second kappa shape index (κ2) is 10.4. The van der Waals surface area contributed by atoms with E-state index in [0.717, 1.165) is 18.4 Å². The highest BCUT2D eigenvalue weighted by Gasteiger charge is 2.26. The quantitative estimate of drug-likeness (QED) is 0.581. The molecule has 7 heteroatoms. The maximum Gasteiger partial charge on any atom is 0.262 e. The van der Waals surface area contributed by atoms with Gasteiger partial charge in [-0.1, -0.05) is 35.9 Å². The summed E-state index contributed by atoms with van der Waals surface area (Å²) in [6.45, 7) is 3.36. The van der Waals surface area contributed by atoms with Crippen LogP contribution in [-0.2, 0) is 16.0 Å². The molecule has 0 bridgehead atoms. The standard InChI is InChI=1S/C22H27N5O2/c1-17(8-9-18-6-3-2-4-7-18)16-20(28)25-26-21(29)19-10-14-27(15-11-19)22-23-12-5-13-24-22/h2-7,12-13,16,19H,8-11,14-15H2,1H3,(H,25,28)(H,26,29). The molecule has 2 heterocycles. The van der Waals surface area contributed by atoms with E-state index in [4.69, 9.17) is 0 Å². The van der Waals surface area contributed by atoms with E-state index in [1.54, 1.807) is 24.5 Å². The van der Waals surface area contributed by atoms with Crippen molar-refractivity contribution in [3.05, 3.63) is 66.0 Å². The molecule has 0 spiro atoms. The normalized spacial score (nSPS) is 15.1. The number of nitrogens with zero attached hydrogens (tertiary/aromatic N) is 3. The fourth-order valence-corrected chi connectivity index (χ4v) is 3.34. The van der Waals surface area contributed by atoms with Crippen LogP contribution in [0.25, 0.3) is 0 Å². The van der Waals surface area contributed by atoms with Crippen molar-refractivity contribution in [2.45, 2.75) is 32.6 Å².